The largest absolute Gasteiger partial charge is 0.506 e. The molecule has 4 nitrogen and oxygen atoms in total. The highest BCUT2D eigenvalue weighted by Crippen LogP contribution is 2.34. The van der Waals surface area contributed by atoms with Gasteiger partial charge in [0.25, 0.3) is 0 Å². The summed E-state index contributed by atoms with van der Waals surface area (Å²) >= 11 is 0. The molecule has 0 saturated carbocycles. The number of hydrogen-bond acceptors (Lipinski definition) is 4. The second kappa shape index (κ2) is 7.86. The first-order valence-corrected chi connectivity index (χ1v) is 8.66. The normalized spacial score (nSPS) is 12.6. The van der Waals surface area contributed by atoms with Crippen LogP contribution in [0.3, 0.4) is 0 Å². The van der Waals surface area contributed by atoms with Crippen LogP contribution in [0.15, 0.2) is 83.9 Å². The lowest BCUT2D eigenvalue weighted by Crippen LogP contribution is -2.38. The highest BCUT2D eigenvalue weighted by Gasteiger charge is 2.37. The van der Waals surface area contributed by atoms with Crippen LogP contribution in [0.4, 0.5) is 0 Å². The number of benzene rings is 3. The molecule has 3 rings (SSSR count). The minimum Gasteiger partial charge on any atom is -0.506 e. The van der Waals surface area contributed by atoms with Crippen LogP contribution in [-0.2, 0) is 5.60 Å². The van der Waals surface area contributed by atoms with Crippen LogP contribution >= 0.6 is 0 Å². The number of aliphatic hydroxyl groups is 1. The molecule has 0 heterocycles. The molecule has 0 aromatic heterocycles. The number of rotatable bonds is 5. The van der Waals surface area contributed by atoms with Crippen molar-refractivity contribution in [2.45, 2.75) is 18.6 Å². The molecule has 0 saturated heterocycles. The zero-order chi connectivity index (χ0) is 19.3. The molecule has 0 unspecified atom stereocenters. The van der Waals surface area contributed by atoms with Crippen LogP contribution in [0.1, 0.15) is 29.2 Å². The Balaban J connectivity index is 2.03. The zero-order valence-corrected chi connectivity index (χ0v) is 14.9. The van der Waals surface area contributed by atoms with Gasteiger partial charge in [0.15, 0.2) is 0 Å². The molecule has 3 aromatic carbocycles. The predicted octanol–water partition coefficient (Wildman–Crippen LogP) is 4.01. The summed E-state index contributed by atoms with van der Waals surface area (Å²) in [5, 5.41) is 30.9. The van der Waals surface area contributed by atoms with Crippen molar-refractivity contribution in [3.63, 3.8) is 0 Å². The molecule has 0 bridgehead atoms. The molecule has 1 atom stereocenters. The van der Waals surface area contributed by atoms with Crippen molar-refractivity contribution in [3.8, 4) is 11.8 Å². The van der Waals surface area contributed by atoms with Gasteiger partial charge in [-0.05, 0) is 30.2 Å². The van der Waals surface area contributed by atoms with Crippen molar-refractivity contribution in [1.29, 1.82) is 5.26 Å². The first kappa shape index (κ1) is 18.4. The highest BCUT2D eigenvalue weighted by atomic mass is 16.3. The van der Waals surface area contributed by atoms with Crippen molar-refractivity contribution < 1.29 is 10.2 Å². The van der Waals surface area contributed by atoms with Gasteiger partial charge in [0, 0.05) is 11.8 Å². The van der Waals surface area contributed by atoms with Gasteiger partial charge in [0.1, 0.15) is 17.4 Å². The lowest BCUT2D eigenvalue weighted by atomic mass is 9.81. The number of phenolic OH excluding ortho intramolecular Hbond substituents is 1. The van der Waals surface area contributed by atoms with Gasteiger partial charge < -0.3 is 10.2 Å². The second-order valence-corrected chi connectivity index (χ2v) is 6.31. The molecule has 0 radical (unpaired) electrons. The van der Waals surface area contributed by atoms with E-state index in [1.165, 1.54) is 6.21 Å². The van der Waals surface area contributed by atoms with E-state index in [-0.39, 0.29) is 11.3 Å². The second-order valence-electron chi connectivity index (χ2n) is 6.31. The summed E-state index contributed by atoms with van der Waals surface area (Å²) in [4.78, 5) is 4.51. The Morgan fingerprint density at radius 2 is 1.48 bits per heavy atom. The molecule has 4 heteroatoms. The van der Waals surface area contributed by atoms with E-state index in [1.807, 2.05) is 73.7 Å². The Morgan fingerprint density at radius 3 is 2.00 bits per heavy atom. The first-order chi connectivity index (χ1) is 13.1. The van der Waals surface area contributed by atoms with Crippen molar-refractivity contribution in [3.05, 3.63) is 101 Å². The molecule has 3 aromatic rings. The van der Waals surface area contributed by atoms with E-state index in [0.717, 1.165) is 11.1 Å². The molecule has 0 aliphatic heterocycles. The molecule has 0 aliphatic rings. The summed E-state index contributed by atoms with van der Waals surface area (Å²) in [6.45, 7) is 1.82. The van der Waals surface area contributed by atoms with E-state index in [1.54, 1.807) is 18.2 Å². The summed E-state index contributed by atoms with van der Waals surface area (Å²) < 4.78 is 0. The fraction of sp³-hybridized carbons (Fsp3) is 0.130. The Morgan fingerprint density at radius 1 is 0.926 bits per heavy atom. The molecule has 27 heavy (non-hydrogen) atoms. The molecule has 134 valence electrons. The number of phenols is 1. The van der Waals surface area contributed by atoms with Gasteiger partial charge in [-0.3, -0.25) is 4.99 Å². The maximum Gasteiger partial charge on any atom is 0.142 e. The molecule has 0 amide bonds. The number of aliphatic imine (C=N–C) groups is 1. The molecular formula is C23H20N2O2. The van der Waals surface area contributed by atoms with Crippen LogP contribution in [0.25, 0.3) is 0 Å². The van der Waals surface area contributed by atoms with Crippen LogP contribution in [0.2, 0.25) is 0 Å². The summed E-state index contributed by atoms with van der Waals surface area (Å²) in [6, 6.07) is 25.1. The molecule has 2 N–H and O–H groups in total. The molecule has 0 fully saturated rings. The Bertz CT molecular complexity index is 937. The van der Waals surface area contributed by atoms with Gasteiger partial charge in [-0.15, -0.1) is 0 Å². The Labute approximate surface area is 158 Å². The van der Waals surface area contributed by atoms with E-state index < -0.39 is 11.6 Å². The molecular weight excluding hydrogens is 336 g/mol. The van der Waals surface area contributed by atoms with Crippen LogP contribution in [0.5, 0.6) is 5.75 Å². The summed E-state index contributed by atoms with van der Waals surface area (Å²) in [6.07, 6.45) is 1.50. The van der Waals surface area contributed by atoms with Gasteiger partial charge >= 0.3 is 0 Å². The van der Waals surface area contributed by atoms with Gasteiger partial charge in [-0.25, -0.2) is 0 Å². The van der Waals surface area contributed by atoms with Crippen LogP contribution < -0.4 is 0 Å². The lowest BCUT2D eigenvalue weighted by molar-refractivity contribution is 0.0589. The fourth-order valence-corrected chi connectivity index (χ4v) is 3.09. The van der Waals surface area contributed by atoms with Gasteiger partial charge in [-0.1, -0.05) is 66.7 Å². The smallest absolute Gasteiger partial charge is 0.142 e. The maximum atomic E-state index is 11.6. The summed E-state index contributed by atoms with van der Waals surface area (Å²) in [5.41, 5.74) is 0.755. The number of aromatic hydroxyl groups is 1. The lowest BCUT2D eigenvalue weighted by Gasteiger charge is -2.33. The van der Waals surface area contributed by atoms with Crippen molar-refractivity contribution in [2.75, 3.05) is 0 Å². The maximum absolute atomic E-state index is 11.6. The third kappa shape index (κ3) is 3.59. The number of hydrogen-bond donors (Lipinski definition) is 2. The Kier molecular flexibility index (Phi) is 5.35. The average molecular weight is 356 g/mol. The van der Waals surface area contributed by atoms with Crippen molar-refractivity contribution in [2.24, 2.45) is 4.99 Å². The van der Waals surface area contributed by atoms with E-state index in [4.69, 9.17) is 5.26 Å². The molecule has 0 spiro atoms. The first-order valence-electron chi connectivity index (χ1n) is 8.66. The van der Waals surface area contributed by atoms with Crippen LogP contribution in [-0.4, -0.2) is 22.5 Å². The van der Waals surface area contributed by atoms with Gasteiger partial charge in [0.2, 0.25) is 0 Å². The number of nitrogens with zero attached hydrogens (tertiary/aromatic N) is 2. The van der Waals surface area contributed by atoms with E-state index in [0.29, 0.717) is 5.56 Å². The number of para-hydroxylation sites is 1. The van der Waals surface area contributed by atoms with Gasteiger partial charge in [-0.2, -0.15) is 5.26 Å². The van der Waals surface area contributed by atoms with Gasteiger partial charge in [0.05, 0.1) is 11.6 Å². The summed E-state index contributed by atoms with van der Waals surface area (Å²) in [7, 11) is 0. The third-order valence-corrected chi connectivity index (χ3v) is 4.66. The standard InChI is InChI=1S/C23H20N2O2/c1-17(25-16-19-10-8-9-18(15-24)22(19)26)23(27,20-11-4-2-5-12-20)21-13-6-3-7-14-21/h2-14,16-17,26-27H,1H3/t17-/m1/s1. The SMILES string of the molecule is C[C@@H](N=Cc1cccc(C#N)c1O)C(O)(c1ccccc1)c1ccccc1. The van der Waals surface area contributed by atoms with Crippen molar-refractivity contribution >= 4 is 6.21 Å². The minimum absolute atomic E-state index is 0.112. The third-order valence-electron chi connectivity index (χ3n) is 4.66. The zero-order valence-electron chi connectivity index (χ0n) is 14.9. The van der Waals surface area contributed by atoms with E-state index >= 15 is 0 Å². The van der Waals surface area contributed by atoms with E-state index in [9.17, 15) is 10.2 Å². The topological polar surface area (TPSA) is 76.6 Å². The fourth-order valence-electron chi connectivity index (χ4n) is 3.09. The highest BCUT2D eigenvalue weighted by molar-refractivity contribution is 5.84. The summed E-state index contributed by atoms with van der Waals surface area (Å²) in [5.74, 6) is -0.112. The molecule has 0 aliphatic carbocycles. The average Bonchev–Trinajstić information content (AvgIpc) is 2.73. The van der Waals surface area contributed by atoms with Crippen LogP contribution in [0, 0.1) is 11.3 Å². The monoisotopic (exact) mass is 356 g/mol. The minimum atomic E-state index is -1.33. The van der Waals surface area contributed by atoms with E-state index in [2.05, 4.69) is 4.99 Å². The number of nitriles is 1. The van der Waals surface area contributed by atoms with Crippen molar-refractivity contribution in [1.82, 2.24) is 0 Å². The predicted molar refractivity (Wildman–Crippen MR) is 106 cm³/mol. The Hall–Kier alpha value is -3.42. The quantitative estimate of drug-likeness (QED) is 0.678.